The lowest BCUT2D eigenvalue weighted by Gasteiger charge is -2.25. The molecule has 1 aromatic carbocycles. The zero-order valence-corrected chi connectivity index (χ0v) is 12.5. The average molecular weight is 299 g/mol. The number of nitro benzene ring substituents is 1. The lowest BCUT2D eigenvalue weighted by molar-refractivity contribution is -0.386. The minimum atomic E-state index is -0.991. The van der Waals surface area contributed by atoms with Gasteiger partial charge in [-0.2, -0.15) is 0 Å². The third-order valence-electron chi connectivity index (χ3n) is 3.54. The standard InChI is InChI=1S/C14H21NO6/c1-4-14(17,5-2)9-21-13-7-11(15(18)19)10(8-16)6-12(13)20-3/h6-7,16-17H,4-5,8-9H2,1-3H3. The van der Waals surface area contributed by atoms with Gasteiger partial charge in [0.25, 0.3) is 5.69 Å². The van der Waals surface area contributed by atoms with Crippen LogP contribution in [0.5, 0.6) is 11.5 Å². The van der Waals surface area contributed by atoms with Crippen molar-refractivity contribution < 1.29 is 24.6 Å². The fourth-order valence-electron chi connectivity index (χ4n) is 1.83. The van der Waals surface area contributed by atoms with Crippen LogP contribution in [0.2, 0.25) is 0 Å². The van der Waals surface area contributed by atoms with Crippen LogP contribution >= 0.6 is 0 Å². The monoisotopic (exact) mass is 299 g/mol. The summed E-state index contributed by atoms with van der Waals surface area (Å²) in [4.78, 5) is 10.4. The van der Waals surface area contributed by atoms with E-state index in [4.69, 9.17) is 9.47 Å². The molecule has 0 radical (unpaired) electrons. The molecule has 0 spiro atoms. The Hall–Kier alpha value is -1.86. The summed E-state index contributed by atoms with van der Waals surface area (Å²) >= 11 is 0. The zero-order chi connectivity index (χ0) is 16.0. The molecule has 118 valence electrons. The lowest BCUT2D eigenvalue weighted by Crippen LogP contribution is -2.34. The molecule has 2 N–H and O–H groups in total. The predicted octanol–water partition coefficient (Wildman–Crippen LogP) is 2.03. The van der Waals surface area contributed by atoms with E-state index in [1.807, 2.05) is 13.8 Å². The molecule has 1 rings (SSSR count). The fraction of sp³-hybridized carbons (Fsp3) is 0.571. The number of rotatable bonds is 8. The highest BCUT2D eigenvalue weighted by Crippen LogP contribution is 2.35. The Balaban J connectivity index is 3.11. The van der Waals surface area contributed by atoms with Gasteiger partial charge >= 0.3 is 0 Å². The highest BCUT2D eigenvalue weighted by Gasteiger charge is 2.25. The molecule has 0 amide bonds. The first kappa shape index (κ1) is 17.2. The summed E-state index contributed by atoms with van der Waals surface area (Å²) in [5.74, 6) is 0.445. The first-order chi connectivity index (χ1) is 9.90. The molecule has 21 heavy (non-hydrogen) atoms. The average Bonchev–Trinajstić information content (AvgIpc) is 2.51. The summed E-state index contributed by atoms with van der Waals surface area (Å²) in [6.45, 7) is 3.20. The Bertz CT molecular complexity index is 498. The maximum Gasteiger partial charge on any atom is 0.278 e. The van der Waals surface area contributed by atoms with Crippen molar-refractivity contribution in [3.05, 3.63) is 27.8 Å². The van der Waals surface area contributed by atoms with Gasteiger partial charge in [-0.1, -0.05) is 13.8 Å². The first-order valence-corrected chi connectivity index (χ1v) is 6.72. The van der Waals surface area contributed by atoms with Gasteiger partial charge in [0.1, 0.15) is 6.61 Å². The third kappa shape index (κ3) is 4.05. The van der Waals surface area contributed by atoms with Gasteiger partial charge in [-0.25, -0.2) is 0 Å². The molecule has 0 fully saturated rings. The molecule has 0 unspecified atom stereocenters. The van der Waals surface area contributed by atoms with Crippen LogP contribution in [0, 0.1) is 10.1 Å². The zero-order valence-electron chi connectivity index (χ0n) is 12.5. The van der Waals surface area contributed by atoms with Crippen molar-refractivity contribution in [3.8, 4) is 11.5 Å². The van der Waals surface area contributed by atoms with Crippen LogP contribution in [0.4, 0.5) is 5.69 Å². The minimum Gasteiger partial charge on any atom is -0.493 e. The van der Waals surface area contributed by atoms with Crippen molar-refractivity contribution in [2.24, 2.45) is 0 Å². The number of nitrogens with zero attached hydrogens (tertiary/aromatic N) is 1. The molecule has 0 atom stereocenters. The number of methoxy groups -OCH3 is 1. The van der Waals surface area contributed by atoms with Crippen LogP contribution in [-0.2, 0) is 6.61 Å². The van der Waals surface area contributed by atoms with Gasteiger partial charge in [0, 0.05) is 0 Å². The highest BCUT2D eigenvalue weighted by atomic mass is 16.6. The molecule has 0 aromatic heterocycles. The largest absolute Gasteiger partial charge is 0.493 e. The molecule has 0 aliphatic carbocycles. The van der Waals surface area contributed by atoms with E-state index < -0.39 is 17.1 Å². The summed E-state index contributed by atoms with van der Waals surface area (Å²) in [7, 11) is 1.40. The van der Waals surface area contributed by atoms with Gasteiger partial charge in [0.05, 0.1) is 35.9 Å². The van der Waals surface area contributed by atoms with Crippen LogP contribution in [0.25, 0.3) is 0 Å². The molecule has 7 heteroatoms. The SMILES string of the molecule is CCC(O)(CC)COc1cc([N+](=O)[O-])c(CO)cc1OC. The number of nitro groups is 1. The van der Waals surface area contributed by atoms with Crippen molar-refractivity contribution in [1.82, 2.24) is 0 Å². The Morgan fingerprint density at radius 1 is 1.29 bits per heavy atom. The van der Waals surface area contributed by atoms with Crippen LogP contribution in [0.15, 0.2) is 12.1 Å². The van der Waals surface area contributed by atoms with E-state index in [1.54, 1.807) is 0 Å². The second-order valence-corrected chi connectivity index (χ2v) is 4.77. The topological polar surface area (TPSA) is 102 Å². The van der Waals surface area contributed by atoms with Crippen LogP contribution in [0.3, 0.4) is 0 Å². The van der Waals surface area contributed by atoms with E-state index in [9.17, 15) is 20.3 Å². The smallest absolute Gasteiger partial charge is 0.278 e. The van der Waals surface area contributed by atoms with E-state index in [2.05, 4.69) is 0 Å². The molecule has 0 aliphatic rings. The van der Waals surface area contributed by atoms with Crippen molar-refractivity contribution in [2.75, 3.05) is 13.7 Å². The molecule has 0 bridgehead atoms. The minimum absolute atomic E-state index is 0.00594. The number of hydrogen-bond donors (Lipinski definition) is 2. The van der Waals surface area contributed by atoms with Crippen LogP contribution < -0.4 is 9.47 Å². The maximum absolute atomic E-state index is 11.0. The Morgan fingerprint density at radius 3 is 2.33 bits per heavy atom. The maximum atomic E-state index is 11.0. The van der Waals surface area contributed by atoms with Gasteiger partial charge < -0.3 is 19.7 Å². The van der Waals surface area contributed by atoms with Crippen molar-refractivity contribution in [2.45, 2.75) is 38.9 Å². The van der Waals surface area contributed by atoms with Crippen molar-refractivity contribution in [3.63, 3.8) is 0 Å². The predicted molar refractivity (Wildman–Crippen MR) is 76.6 cm³/mol. The Morgan fingerprint density at radius 2 is 1.90 bits per heavy atom. The van der Waals surface area contributed by atoms with Gasteiger partial charge in [-0.15, -0.1) is 0 Å². The molecule has 1 aromatic rings. The van der Waals surface area contributed by atoms with E-state index in [0.29, 0.717) is 12.8 Å². The van der Waals surface area contributed by atoms with Crippen LogP contribution in [0.1, 0.15) is 32.3 Å². The molecule has 7 nitrogen and oxygen atoms in total. The Labute approximate surface area is 123 Å². The van der Waals surface area contributed by atoms with Crippen molar-refractivity contribution in [1.29, 1.82) is 0 Å². The quantitative estimate of drug-likeness (QED) is 0.562. The van der Waals surface area contributed by atoms with Gasteiger partial charge in [-0.05, 0) is 18.9 Å². The lowest BCUT2D eigenvalue weighted by atomic mass is 9.99. The summed E-state index contributed by atoms with van der Waals surface area (Å²) in [6.07, 6.45) is 1.01. The van der Waals surface area contributed by atoms with Crippen LogP contribution in [-0.4, -0.2) is 34.5 Å². The molecule has 0 aliphatic heterocycles. The van der Waals surface area contributed by atoms with E-state index in [-0.39, 0.29) is 29.4 Å². The molecular formula is C14H21NO6. The molecule has 0 saturated heterocycles. The van der Waals surface area contributed by atoms with E-state index in [1.165, 1.54) is 19.2 Å². The number of aliphatic hydroxyl groups is 2. The summed E-state index contributed by atoms with van der Waals surface area (Å²) in [5.41, 5.74) is -1.09. The fourth-order valence-corrected chi connectivity index (χ4v) is 1.83. The van der Waals surface area contributed by atoms with Gasteiger partial charge in [0.2, 0.25) is 0 Å². The Kier molecular flexibility index (Phi) is 5.92. The molecular weight excluding hydrogens is 278 g/mol. The van der Waals surface area contributed by atoms with Crippen molar-refractivity contribution >= 4 is 5.69 Å². The second-order valence-electron chi connectivity index (χ2n) is 4.77. The summed E-state index contributed by atoms with van der Waals surface area (Å²) in [6, 6.07) is 2.57. The molecule has 0 heterocycles. The summed E-state index contributed by atoms with van der Waals surface area (Å²) < 4.78 is 10.6. The van der Waals surface area contributed by atoms with E-state index >= 15 is 0 Å². The van der Waals surface area contributed by atoms with Gasteiger partial charge in [-0.3, -0.25) is 10.1 Å². The number of ether oxygens (including phenoxy) is 2. The second kappa shape index (κ2) is 7.24. The van der Waals surface area contributed by atoms with Gasteiger partial charge in [0.15, 0.2) is 11.5 Å². The van der Waals surface area contributed by atoms with E-state index in [0.717, 1.165) is 0 Å². The number of hydrogen-bond acceptors (Lipinski definition) is 6. The normalized spacial score (nSPS) is 11.3. The summed E-state index contributed by atoms with van der Waals surface area (Å²) in [5, 5.41) is 30.4. The third-order valence-corrected chi connectivity index (χ3v) is 3.54. The first-order valence-electron chi connectivity index (χ1n) is 6.72. The molecule has 0 saturated carbocycles. The number of benzene rings is 1. The number of aliphatic hydroxyl groups excluding tert-OH is 1. The highest BCUT2D eigenvalue weighted by molar-refractivity contribution is 5.54.